The van der Waals surface area contributed by atoms with Gasteiger partial charge in [0.1, 0.15) is 5.82 Å². The maximum Gasteiger partial charge on any atom is 0.437 e. The van der Waals surface area contributed by atoms with Crippen molar-refractivity contribution >= 4 is 21.5 Å². The molecular weight excluding hydrogens is 488 g/mol. The Labute approximate surface area is 198 Å². The summed E-state index contributed by atoms with van der Waals surface area (Å²) in [4.78, 5) is 16.5. The van der Waals surface area contributed by atoms with Gasteiger partial charge in [-0.1, -0.05) is 17.3 Å². The summed E-state index contributed by atoms with van der Waals surface area (Å²) in [7, 11) is -3.49. The number of carbonyl (C=O) groups is 1. The normalized spacial score (nSPS) is 14.7. The number of halogens is 4. The number of carbonyl (C=O) groups excluding carboxylic acids is 1. The number of aromatic nitrogens is 1. The number of sulfone groups is 1. The standard InChI is InChI=1S/C24H20F4N2O4S/c1-14-20(22(24(26,27)28)29-34-23(31)16-3-4-16)13-21(30(14)18-9-7-17(25)8-10-18)15-5-11-19(12-6-15)35(2,32)33/h5-13,16H,3-4H2,1-2H3/b29-22-. The fourth-order valence-corrected chi connectivity index (χ4v) is 4.22. The Morgan fingerprint density at radius 2 is 1.66 bits per heavy atom. The number of rotatable bonds is 6. The van der Waals surface area contributed by atoms with Gasteiger partial charge in [-0.3, -0.25) is 0 Å². The molecule has 0 spiro atoms. The molecule has 35 heavy (non-hydrogen) atoms. The van der Waals surface area contributed by atoms with Crippen LogP contribution in [0, 0.1) is 18.7 Å². The van der Waals surface area contributed by atoms with Gasteiger partial charge in [-0.15, -0.1) is 0 Å². The highest BCUT2D eigenvalue weighted by atomic mass is 32.2. The summed E-state index contributed by atoms with van der Waals surface area (Å²) >= 11 is 0. The van der Waals surface area contributed by atoms with Crippen molar-refractivity contribution in [2.45, 2.75) is 30.8 Å². The second-order valence-electron chi connectivity index (χ2n) is 8.26. The Kier molecular flexibility index (Phi) is 6.31. The minimum atomic E-state index is -4.94. The Morgan fingerprint density at radius 3 is 2.17 bits per heavy atom. The third kappa shape index (κ3) is 5.29. The Hall–Kier alpha value is -3.47. The molecule has 11 heteroatoms. The van der Waals surface area contributed by atoms with Gasteiger partial charge in [0.15, 0.2) is 15.5 Å². The molecule has 0 saturated heterocycles. The molecule has 4 rings (SSSR count). The van der Waals surface area contributed by atoms with Crippen LogP contribution in [0.5, 0.6) is 0 Å². The average molecular weight is 508 g/mol. The second-order valence-corrected chi connectivity index (χ2v) is 10.3. The maximum absolute atomic E-state index is 14.0. The second kappa shape index (κ2) is 8.95. The molecule has 0 N–H and O–H groups in total. The summed E-state index contributed by atoms with van der Waals surface area (Å²) < 4.78 is 80.6. The monoisotopic (exact) mass is 508 g/mol. The summed E-state index contributed by atoms with van der Waals surface area (Å²) in [5, 5.41) is 3.18. The van der Waals surface area contributed by atoms with Crippen LogP contribution in [0.2, 0.25) is 0 Å². The molecule has 0 aliphatic heterocycles. The number of nitrogens with zero attached hydrogens (tertiary/aromatic N) is 2. The molecule has 184 valence electrons. The minimum Gasteiger partial charge on any atom is -0.317 e. The van der Waals surface area contributed by atoms with Crippen molar-refractivity contribution < 1.29 is 35.6 Å². The van der Waals surface area contributed by atoms with Gasteiger partial charge in [0.05, 0.1) is 16.5 Å². The summed E-state index contributed by atoms with van der Waals surface area (Å²) in [6, 6.07) is 12.0. The summed E-state index contributed by atoms with van der Waals surface area (Å²) in [5.74, 6) is -1.79. The molecule has 0 radical (unpaired) electrons. The van der Waals surface area contributed by atoms with Gasteiger partial charge in [0, 0.05) is 23.2 Å². The van der Waals surface area contributed by atoms with E-state index < -0.39 is 39.4 Å². The number of oxime groups is 1. The molecule has 1 aromatic heterocycles. The van der Waals surface area contributed by atoms with Crippen molar-refractivity contribution in [2.24, 2.45) is 11.1 Å². The average Bonchev–Trinajstić information content (AvgIpc) is 3.58. The lowest BCUT2D eigenvalue weighted by atomic mass is 10.1. The van der Waals surface area contributed by atoms with Gasteiger partial charge >= 0.3 is 12.1 Å². The van der Waals surface area contributed by atoms with Gasteiger partial charge in [-0.25, -0.2) is 17.6 Å². The van der Waals surface area contributed by atoms with E-state index in [-0.39, 0.29) is 21.8 Å². The van der Waals surface area contributed by atoms with E-state index in [4.69, 9.17) is 0 Å². The zero-order valence-corrected chi connectivity index (χ0v) is 19.5. The zero-order valence-electron chi connectivity index (χ0n) is 18.6. The molecule has 2 aromatic carbocycles. The molecule has 1 fully saturated rings. The molecule has 0 bridgehead atoms. The third-order valence-electron chi connectivity index (χ3n) is 5.57. The van der Waals surface area contributed by atoms with Crippen LogP contribution in [0.15, 0.2) is 64.6 Å². The Balaban J connectivity index is 1.89. The van der Waals surface area contributed by atoms with E-state index in [2.05, 4.69) is 9.99 Å². The van der Waals surface area contributed by atoms with Gasteiger partial charge < -0.3 is 9.40 Å². The molecule has 1 heterocycles. The smallest absolute Gasteiger partial charge is 0.317 e. The third-order valence-corrected chi connectivity index (χ3v) is 6.70. The number of benzene rings is 2. The van der Waals surface area contributed by atoms with E-state index in [1.807, 2.05) is 0 Å². The highest BCUT2D eigenvalue weighted by Gasteiger charge is 2.41. The van der Waals surface area contributed by atoms with Crippen LogP contribution in [-0.4, -0.2) is 37.1 Å². The highest BCUT2D eigenvalue weighted by Crippen LogP contribution is 2.35. The first-order valence-corrected chi connectivity index (χ1v) is 12.4. The molecule has 1 aliphatic carbocycles. The predicted molar refractivity (Wildman–Crippen MR) is 120 cm³/mol. The summed E-state index contributed by atoms with van der Waals surface area (Å²) in [6.07, 6.45) is -2.81. The molecule has 6 nitrogen and oxygen atoms in total. The number of hydrogen-bond acceptors (Lipinski definition) is 5. The first-order valence-electron chi connectivity index (χ1n) is 10.5. The quantitative estimate of drug-likeness (QED) is 0.198. The lowest BCUT2D eigenvalue weighted by molar-refractivity contribution is -0.145. The van der Waals surface area contributed by atoms with Crippen molar-refractivity contribution in [3.05, 3.63) is 71.7 Å². The van der Waals surface area contributed by atoms with E-state index in [1.165, 1.54) is 66.1 Å². The summed E-state index contributed by atoms with van der Waals surface area (Å²) in [5.41, 5.74) is -0.570. The van der Waals surface area contributed by atoms with Crippen LogP contribution < -0.4 is 0 Å². The van der Waals surface area contributed by atoms with Gasteiger partial charge in [0.25, 0.3) is 0 Å². The molecule has 1 saturated carbocycles. The summed E-state index contributed by atoms with van der Waals surface area (Å²) in [6.45, 7) is 1.43. The number of hydrogen-bond donors (Lipinski definition) is 0. The topological polar surface area (TPSA) is 77.7 Å². The van der Waals surface area contributed by atoms with Crippen molar-refractivity contribution in [3.8, 4) is 16.9 Å². The van der Waals surface area contributed by atoms with Crippen LogP contribution in [-0.2, 0) is 19.5 Å². The zero-order chi connectivity index (χ0) is 25.5. The van der Waals surface area contributed by atoms with Crippen LogP contribution in [0.4, 0.5) is 17.6 Å². The molecule has 0 unspecified atom stereocenters. The van der Waals surface area contributed by atoms with E-state index >= 15 is 0 Å². The Morgan fingerprint density at radius 1 is 1.06 bits per heavy atom. The van der Waals surface area contributed by atoms with E-state index in [1.54, 1.807) is 0 Å². The maximum atomic E-state index is 14.0. The van der Waals surface area contributed by atoms with Crippen LogP contribution in [0.25, 0.3) is 16.9 Å². The largest absolute Gasteiger partial charge is 0.437 e. The number of alkyl halides is 3. The lowest BCUT2D eigenvalue weighted by Crippen LogP contribution is -2.25. The van der Waals surface area contributed by atoms with Crippen LogP contribution >= 0.6 is 0 Å². The molecule has 0 atom stereocenters. The van der Waals surface area contributed by atoms with E-state index in [9.17, 15) is 30.8 Å². The van der Waals surface area contributed by atoms with Crippen molar-refractivity contribution in [3.63, 3.8) is 0 Å². The predicted octanol–water partition coefficient (Wildman–Crippen LogP) is 5.21. The van der Waals surface area contributed by atoms with Gasteiger partial charge in [-0.2, -0.15) is 13.2 Å². The van der Waals surface area contributed by atoms with Gasteiger partial charge in [-0.05, 0) is 67.8 Å². The van der Waals surface area contributed by atoms with Crippen LogP contribution in [0.1, 0.15) is 24.1 Å². The van der Waals surface area contributed by atoms with Crippen molar-refractivity contribution in [2.75, 3.05) is 6.26 Å². The van der Waals surface area contributed by atoms with Crippen molar-refractivity contribution in [1.82, 2.24) is 4.57 Å². The van der Waals surface area contributed by atoms with Crippen molar-refractivity contribution in [1.29, 1.82) is 0 Å². The van der Waals surface area contributed by atoms with Crippen LogP contribution in [0.3, 0.4) is 0 Å². The lowest BCUT2D eigenvalue weighted by Gasteiger charge is -2.14. The Bertz CT molecular complexity index is 1400. The SMILES string of the molecule is Cc1c(/C(=N/OC(=O)C2CC2)C(F)(F)F)cc(-c2ccc(S(C)(=O)=O)cc2)n1-c1ccc(F)cc1. The van der Waals surface area contributed by atoms with E-state index in [0.717, 1.165) is 6.26 Å². The first kappa shape index (κ1) is 24.6. The fraction of sp³-hybridized carbons (Fsp3) is 0.250. The molecule has 1 aliphatic rings. The fourth-order valence-electron chi connectivity index (χ4n) is 3.59. The first-order chi connectivity index (χ1) is 16.4. The minimum absolute atomic E-state index is 0.0441. The molecule has 0 amide bonds. The highest BCUT2D eigenvalue weighted by molar-refractivity contribution is 7.90. The molecular formula is C24H20F4N2O4S. The van der Waals surface area contributed by atoms with Gasteiger partial charge in [0.2, 0.25) is 0 Å². The van der Waals surface area contributed by atoms with E-state index in [0.29, 0.717) is 24.1 Å². The molecule has 3 aromatic rings.